The van der Waals surface area contributed by atoms with Gasteiger partial charge in [0.1, 0.15) is 5.82 Å². The molecule has 160 valence electrons. The third-order valence-electron chi connectivity index (χ3n) is 5.85. The molecular weight excluding hydrogens is 412 g/mol. The van der Waals surface area contributed by atoms with Gasteiger partial charge in [-0.25, -0.2) is 4.98 Å². The average Bonchev–Trinajstić information content (AvgIpc) is 3.63. The maximum atomic E-state index is 6.14. The highest BCUT2D eigenvalue weighted by Gasteiger charge is 2.28. The summed E-state index contributed by atoms with van der Waals surface area (Å²) in [5.74, 6) is 3.62. The molecule has 0 saturated heterocycles. The van der Waals surface area contributed by atoms with Gasteiger partial charge in [0.05, 0.1) is 19.9 Å². The number of benzene rings is 2. The van der Waals surface area contributed by atoms with Gasteiger partial charge in [0, 0.05) is 35.8 Å². The highest BCUT2D eigenvalue weighted by Crippen LogP contribution is 2.41. The number of halogens is 1. The lowest BCUT2D eigenvalue weighted by molar-refractivity contribution is 0.353. The van der Waals surface area contributed by atoms with Crippen molar-refractivity contribution in [1.82, 2.24) is 9.97 Å². The van der Waals surface area contributed by atoms with Gasteiger partial charge in [-0.15, -0.1) is 0 Å². The van der Waals surface area contributed by atoms with E-state index >= 15 is 0 Å². The van der Waals surface area contributed by atoms with E-state index in [0.717, 1.165) is 48.2 Å². The normalized spacial score (nSPS) is 15.4. The summed E-state index contributed by atoms with van der Waals surface area (Å²) in [4.78, 5) is 11.9. The van der Waals surface area contributed by atoms with Gasteiger partial charge >= 0.3 is 0 Å². The van der Waals surface area contributed by atoms with Crippen LogP contribution >= 0.6 is 11.6 Å². The van der Waals surface area contributed by atoms with E-state index in [-0.39, 0.29) is 0 Å². The molecule has 0 atom stereocenters. The minimum atomic E-state index is 0.531. The quantitative estimate of drug-likeness (QED) is 0.563. The van der Waals surface area contributed by atoms with Crippen molar-refractivity contribution >= 4 is 29.1 Å². The number of rotatable bonds is 6. The second kappa shape index (κ2) is 8.27. The largest absolute Gasteiger partial charge is 0.493 e. The number of aromatic nitrogens is 2. The fraction of sp³-hybridized carbons (Fsp3) is 0.333. The van der Waals surface area contributed by atoms with Crippen LogP contribution in [0.25, 0.3) is 0 Å². The molecule has 0 amide bonds. The van der Waals surface area contributed by atoms with Gasteiger partial charge in [-0.05, 0) is 60.7 Å². The molecule has 1 N–H and O–H groups in total. The van der Waals surface area contributed by atoms with Gasteiger partial charge in [0.25, 0.3) is 0 Å². The predicted molar refractivity (Wildman–Crippen MR) is 123 cm³/mol. The SMILES string of the molecule is COc1cc2c(cc1OC)CN(c1cc(C3CC3)nc(Nc3cccc(Cl)c3)n1)CC2. The van der Waals surface area contributed by atoms with E-state index in [4.69, 9.17) is 31.0 Å². The summed E-state index contributed by atoms with van der Waals surface area (Å²) in [5.41, 5.74) is 4.52. The molecule has 2 heterocycles. The molecule has 3 aromatic rings. The summed E-state index contributed by atoms with van der Waals surface area (Å²) in [6, 6.07) is 13.9. The van der Waals surface area contributed by atoms with Crippen molar-refractivity contribution in [2.24, 2.45) is 0 Å². The predicted octanol–water partition coefficient (Wildman–Crippen LogP) is 5.33. The third kappa shape index (κ3) is 4.26. The lowest BCUT2D eigenvalue weighted by Gasteiger charge is -2.31. The van der Waals surface area contributed by atoms with Crippen molar-refractivity contribution in [2.75, 3.05) is 31.0 Å². The molecule has 31 heavy (non-hydrogen) atoms. The zero-order valence-corrected chi connectivity index (χ0v) is 18.4. The zero-order valence-electron chi connectivity index (χ0n) is 17.7. The van der Waals surface area contributed by atoms with Crippen LogP contribution in [-0.2, 0) is 13.0 Å². The minimum Gasteiger partial charge on any atom is -0.493 e. The first kappa shape index (κ1) is 19.9. The Morgan fingerprint density at radius 1 is 1.00 bits per heavy atom. The summed E-state index contributed by atoms with van der Waals surface area (Å²) in [7, 11) is 3.35. The summed E-state index contributed by atoms with van der Waals surface area (Å²) in [5, 5.41) is 4.01. The summed E-state index contributed by atoms with van der Waals surface area (Å²) in [6.07, 6.45) is 3.30. The molecule has 0 bridgehead atoms. The topological polar surface area (TPSA) is 59.5 Å². The summed E-state index contributed by atoms with van der Waals surface area (Å²) >= 11 is 6.14. The molecule has 2 aliphatic rings. The zero-order chi connectivity index (χ0) is 21.4. The minimum absolute atomic E-state index is 0.531. The first-order valence-corrected chi connectivity index (χ1v) is 10.9. The molecule has 0 spiro atoms. The van der Waals surface area contributed by atoms with E-state index in [2.05, 4.69) is 28.4 Å². The number of nitrogens with zero attached hydrogens (tertiary/aromatic N) is 3. The molecular formula is C24H25ClN4O2. The van der Waals surface area contributed by atoms with E-state index in [1.807, 2.05) is 24.3 Å². The van der Waals surface area contributed by atoms with Gasteiger partial charge < -0.3 is 19.7 Å². The van der Waals surface area contributed by atoms with Gasteiger partial charge in [0.2, 0.25) is 5.95 Å². The molecule has 1 aliphatic carbocycles. The number of methoxy groups -OCH3 is 2. The lowest BCUT2D eigenvalue weighted by atomic mass is 9.98. The highest BCUT2D eigenvalue weighted by atomic mass is 35.5. The van der Waals surface area contributed by atoms with Gasteiger partial charge in [0.15, 0.2) is 11.5 Å². The molecule has 1 aromatic heterocycles. The molecule has 2 aromatic carbocycles. The highest BCUT2D eigenvalue weighted by molar-refractivity contribution is 6.30. The Morgan fingerprint density at radius 3 is 2.48 bits per heavy atom. The smallest absolute Gasteiger partial charge is 0.229 e. The first-order chi connectivity index (χ1) is 15.1. The maximum absolute atomic E-state index is 6.14. The van der Waals surface area contributed by atoms with Crippen molar-refractivity contribution in [2.45, 2.75) is 31.7 Å². The number of ether oxygens (including phenoxy) is 2. The van der Waals surface area contributed by atoms with Gasteiger partial charge in [-0.2, -0.15) is 4.98 Å². The van der Waals surface area contributed by atoms with Crippen LogP contribution in [0.1, 0.15) is 35.6 Å². The Bertz CT molecular complexity index is 1120. The van der Waals surface area contributed by atoms with E-state index in [9.17, 15) is 0 Å². The van der Waals surface area contributed by atoms with Crippen LogP contribution in [0.4, 0.5) is 17.5 Å². The Labute approximate surface area is 187 Å². The first-order valence-electron chi connectivity index (χ1n) is 10.5. The summed E-state index contributed by atoms with van der Waals surface area (Å²) < 4.78 is 11.0. The van der Waals surface area contributed by atoms with Crippen molar-refractivity contribution in [1.29, 1.82) is 0 Å². The van der Waals surface area contributed by atoms with Crippen LogP contribution in [0.15, 0.2) is 42.5 Å². The third-order valence-corrected chi connectivity index (χ3v) is 6.09. The van der Waals surface area contributed by atoms with Crippen LogP contribution in [0.2, 0.25) is 5.02 Å². The lowest BCUT2D eigenvalue weighted by Crippen LogP contribution is -2.31. The molecule has 0 radical (unpaired) electrons. The second-order valence-corrected chi connectivity index (χ2v) is 8.47. The average molecular weight is 437 g/mol. The fourth-order valence-electron chi connectivity index (χ4n) is 4.03. The second-order valence-electron chi connectivity index (χ2n) is 8.03. The summed E-state index contributed by atoms with van der Waals surface area (Å²) in [6.45, 7) is 1.66. The Hall–Kier alpha value is -2.99. The number of fused-ring (bicyclic) bond motifs is 1. The van der Waals surface area contributed by atoms with Crippen molar-refractivity contribution in [3.05, 3.63) is 64.3 Å². The van der Waals surface area contributed by atoms with Crippen LogP contribution in [0.5, 0.6) is 11.5 Å². The van der Waals surface area contributed by atoms with Crippen LogP contribution in [-0.4, -0.2) is 30.7 Å². The number of anilines is 3. The molecule has 5 rings (SSSR count). The Balaban J connectivity index is 1.45. The molecule has 6 nitrogen and oxygen atoms in total. The van der Waals surface area contributed by atoms with E-state index < -0.39 is 0 Å². The number of nitrogens with one attached hydrogen (secondary N) is 1. The molecule has 7 heteroatoms. The molecule has 1 aliphatic heterocycles. The van der Waals surface area contributed by atoms with E-state index in [1.165, 1.54) is 24.0 Å². The van der Waals surface area contributed by atoms with Gasteiger partial charge in [-0.1, -0.05) is 17.7 Å². The molecule has 0 unspecified atom stereocenters. The van der Waals surface area contributed by atoms with Crippen molar-refractivity contribution in [3.63, 3.8) is 0 Å². The molecule has 1 saturated carbocycles. The van der Waals surface area contributed by atoms with Crippen LogP contribution in [0.3, 0.4) is 0 Å². The maximum Gasteiger partial charge on any atom is 0.229 e. The van der Waals surface area contributed by atoms with Crippen molar-refractivity contribution < 1.29 is 9.47 Å². The van der Waals surface area contributed by atoms with Gasteiger partial charge in [-0.3, -0.25) is 0 Å². The standard InChI is InChI=1S/C24H25ClN4O2/c1-30-21-10-16-8-9-29(14-17(16)11-22(21)31-2)23-13-20(15-6-7-15)27-24(28-23)26-19-5-3-4-18(25)12-19/h3-5,10-13,15H,6-9,14H2,1-2H3,(H,26,27,28). The monoisotopic (exact) mass is 436 g/mol. The van der Waals surface area contributed by atoms with Crippen LogP contribution < -0.4 is 19.7 Å². The number of hydrogen-bond acceptors (Lipinski definition) is 6. The Morgan fingerprint density at radius 2 is 1.77 bits per heavy atom. The van der Waals surface area contributed by atoms with Crippen LogP contribution in [0, 0.1) is 0 Å². The van der Waals surface area contributed by atoms with Crippen molar-refractivity contribution in [3.8, 4) is 11.5 Å². The molecule has 1 fully saturated rings. The Kier molecular flexibility index (Phi) is 5.32. The van der Waals surface area contributed by atoms with E-state index in [1.54, 1.807) is 14.2 Å². The van der Waals surface area contributed by atoms with E-state index in [0.29, 0.717) is 16.9 Å². The fourth-order valence-corrected chi connectivity index (χ4v) is 4.22. The number of hydrogen-bond donors (Lipinski definition) is 1.